The van der Waals surface area contributed by atoms with Gasteiger partial charge in [-0.3, -0.25) is 9.69 Å². The van der Waals surface area contributed by atoms with Crippen molar-refractivity contribution in [3.05, 3.63) is 52.0 Å². The second-order valence-corrected chi connectivity index (χ2v) is 8.28. The Bertz CT molecular complexity index is 856. The molecule has 3 aromatic rings. The van der Waals surface area contributed by atoms with Crippen LogP contribution in [0.5, 0.6) is 0 Å². The maximum atomic E-state index is 12.1. The number of aromatic nitrogens is 2. The zero-order valence-electron chi connectivity index (χ0n) is 13.6. The first-order valence-corrected chi connectivity index (χ1v) is 10.1. The lowest BCUT2D eigenvalue weighted by molar-refractivity contribution is -0.115. The van der Waals surface area contributed by atoms with Crippen LogP contribution in [-0.4, -0.2) is 15.9 Å². The number of aryl methyl sites for hydroxylation is 2. The first-order valence-electron chi connectivity index (χ1n) is 7.39. The van der Waals surface area contributed by atoms with E-state index in [9.17, 15) is 4.79 Å². The lowest BCUT2D eigenvalue weighted by Crippen LogP contribution is -2.22. The molecule has 7 heteroatoms. The van der Waals surface area contributed by atoms with Gasteiger partial charge in [0, 0.05) is 29.1 Å². The number of thioether (sulfide) groups is 1. The van der Waals surface area contributed by atoms with Gasteiger partial charge in [0.1, 0.15) is 4.34 Å². The van der Waals surface area contributed by atoms with Crippen molar-refractivity contribution in [2.45, 2.75) is 30.9 Å². The van der Waals surface area contributed by atoms with Crippen molar-refractivity contribution in [2.24, 2.45) is 0 Å². The zero-order valence-corrected chi connectivity index (χ0v) is 16.1. The number of carbonyl (C=O) groups excluding carboxylic acids is 1. The van der Waals surface area contributed by atoms with Crippen LogP contribution in [0, 0.1) is 13.8 Å². The fourth-order valence-corrected chi connectivity index (χ4v) is 4.93. The summed E-state index contributed by atoms with van der Waals surface area (Å²) in [5, 5.41) is 4.76. The van der Waals surface area contributed by atoms with Crippen LogP contribution in [0.4, 0.5) is 10.8 Å². The predicted octanol–water partition coefficient (Wildman–Crippen LogP) is 5.19. The molecule has 0 radical (unpaired) electrons. The molecule has 1 amide bonds. The normalized spacial score (nSPS) is 10.8. The molecule has 0 unspecified atom stereocenters. The van der Waals surface area contributed by atoms with Crippen LogP contribution < -0.4 is 4.90 Å². The zero-order chi connectivity index (χ0) is 17.1. The van der Waals surface area contributed by atoms with E-state index in [0.717, 1.165) is 32.7 Å². The topological polar surface area (TPSA) is 46.1 Å². The summed E-state index contributed by atoms with van der Waals surface area (Å²) >= 11 is 4.81. The van der Waals surface area contributed by atoms with Crippen LogP contribution in [0.15, 0.2) is 39.4 Å². The van der Waals surface area contributed by atoms with Crippen molar-refractivity contribution in [2.75, 3.05) is 4.90 Å². The molecule has 3 rings (SSSR count). The van der Waals surface area contributed by atoms with Crippen LogP contribution in [0.25, 0.3) is 0 Å². The van der Waals surface area contributed by atoms with E-state index in [4.69, 9.17) is 0 Å². The minimum atomic E-state index is -0.0373. The van der Waals surface area contributed by atoms with E-state index in [1.54, 1.807) is 34.9 Å². The minimum absolute atomic E-state index is 0.0373. The highest BCUT2D eigenvalue weighted by atomic mass is 32.2. The molecule has 1 aromatic carbocycles. The molecular formula is C17H17N3OS3. The maximum absolute atomic E-state index is 12.1. The third-order valence-corrected chi connectivity index (χ3v) is 6.29. The number of benzene rings is 1. The van der Waals surface area contributed by atoms with Gasteiger partial charge in [0.15, 0.2) is 5.13 Å². The highest BCUT2D eigenvalue weighted by Crippen LogP contribution is 2.32. The van der Waals surface area contributed by atoms with Crippen molar-refractivity contribution in [3.8, 4) is 0 Å². The summed E-state index contributed by atoms with van der Waals surface area (Å²) in [6, 6.07) is 7.90. The van der Waals surface area contributed by atoms with Gasteiger partial charge in [0.25, 0.3) is 0 Å². The Morgan fingerprint density at radius 1 is 1.21 bits per heavy atom. The quantitative estimate of drug-likeness (QED) is 0.576. The number of anilines is 2. The standard InChI is InChI=1S/C17H17N3OS3/c1-11-5-4-6-15(7-11)20(13(3)21)16-19-14(9-22-16)10-24-17-18-12(2)8-23-17/h4-9H,10H2,1-3H3. The summed E-state index contributed by atoms with van der Waals surface area (Å²) in [6.45, 7) is 5.58. The Morgan fingerprint density at radius 3 is 2.71 bits per heavy atom. The van der Waals surface area contributed by atoms with Gasteiger partial charge in [-0.15, -0.1) is 22.7 Å². The van der Waals surface area contributed by atoms with E-state index < -0.39 is 0 Å². The fourth-order valence-electron chi connectivity index (χ4n) is 2.19. The van der Waals surface area contributed by atoms with E-state index in [-0.39, 0.29) is 5.91 Å². The number of thiazole rings is 2. The van der Waals surface area contributed by atoms with Crippen molar-refractivity contribution >= 4 is 51.2 Å². The Hall–Kier alpha value is -1.70. The molecule has 124 valence electrons. The van der Waals surface area contributed by atoms with Crippen LogP contribution in [0.1, 0.15) is 23.9 Å². The van der Waals surface area contributed by atoms with Crippen molar-refractivity contribution in [1.29, 1.82) is 0 Å². The number of hydrogen-bond donors (Lipinski definition) is 0. The molecular weight excluding hydrogens is 358 g/mol. The second-order valence-electron chi connectivity index (χ2n) is 5.36. The maximum Gasteiger partial charge on any atom is 0.230 e. The molecule has 2 heterocycles. The Labute approximate surface area is 153 Å². The summed E-state index contributed by atoms with van der Waals surface area (Å²) in [6.07, 6.45) is 0. The lowest BCUT2D eigenvalue weighted by atomic mass is 10.2. The third kappa shape index (κ3) is 4.03. The fraction of sp³-hybridized carbons (Fsp3) is 0.235. The van der Waals surface area contributed by atoms with Gasteiger partial charge in [-0.25, -0.2) is 9.97 Å². The summed E-state index contributed by atoms with van der Waals surface area (Å²) in [7, 11) is 0. The highest BCUT2D eigenvalue weighted by Gasteiger charge is 2.18. The molecule has 2 aromatic heterocycles. The van der Waals surface area contributed by atoms with E-state index in [0.29, 0.717) is 5.13 Å². The van der Waals surface area contributed by atoms with Gasteiger partial charge in [-0.05, 0) is 31.5 Å². The lowest BCUT2D eigenvalue weighted by Gasteiger charge is -2.18. The van der Waals surface area contributed by atoms with Gasteiger partial charge in [0.2, 0.25) is 5.91 Å². The summed E-state index contributed by atoms with van der Waals surface area (Å²) in [5.74, 6) is 0.716. The molecule has 0 aliphatic carbocycles. The van der Waals surface area contributed by atoms with E-state index >= 15 is 0 Å². The first-order chi connectivity index (χ1) is 11.5. The molecule has 0 saturated heterocycles. The van der Waals surface area contributed by atoms with Crippen LogP contribution >= 0.6 is 34.4 Å². The number of hydrogen-bond acceptors (Lipinski definition) is 6. The van der Waals surface area contributed by atoms with Gasteiger partial charge >= 0.3 is 0 Å². The summed E-state index contributed by atoms with van der Waals surface area (Å²) in [5.41, 5.74) is 3.98. The molecule has 0 aliphatic rings. The van der Waals surface area contributed by atoms with Gasteiger partial charge < -0.3 is 0 Å². The molecule has 0 fully saturated rings. The molecule has 0 aliphatic heterocycles. The predicted molar refractivity (Wildman–Crippen MR) is 103 cm³/mol. The smallest absolute Gasteiger partial charge is 0.230 e. The van der Waals surface area contributed by atoms with E-state index in [1.165, 1.54) is 11.3 Å². The highest BCUT2D eigenvalue weighted by molar-refractivity contribution is 8.00. The van der Waals surface area contributed by atoms with Crippen LogP contribution in [0.3, 0.4) is 0 Å². The average molecular weight is 376 g/mol. The van der Waals surface area contributed by atoms with Gasteiger partial charge in [-0.1, -0.05) is 23.9 Å². The van der Waals surface area contributed by atoms with Crippen molar-refractivity contribution in [3.63, 3.8) is 0 Å². The molecule has 0 saturated carbocycles. The molecule has 0 bridgehead atoms. The number of nitrogens with zero attached hydrogens (tertiary/aromatic N) is 3. The third-order valence-electron chi connectivity index (χ3n) is 3.25. The minimum Gasteiger partial charge on any atom is -0.274 e. The van der Waals surface area contributed by atoms with E-state index in [1.807, 2.05) is 48.9 Å². The summed E-state index contributed by atoms with van der Waals surface area (Å²) < 4.78 is 1.05. The Balaban J connectivity index is 1.78. The van der Waals surface area contributed by atoms with Crippen molar-refractivity contribution < 1.29 is 4.79 Å². The largest absolute Gasteiger partial charge is 0.274 e. The van der Waals surface area contributed by atoms with E-state index in [2.05, 4.69) is 9.97 Å². The van der Waals surface area contributed by atoms with Crippen LogP contribution in [-0.2, 0) is 10.5 Å². The van der Waals surface area contributed by atoms with Gasteiger partial charge in [0.05, 0.1) is 11.4 Å². The molecule has 0 atom stereocenters. The first kappa shape index (κ1) is 17.1. The Morgan fingerprint density at radius 2 is 2.04 bits per heavy atom. The molecule has 4 nitrogen and oxygen atoms in total. The van der Waals surface area contributed by atoms with Gasteiger partial charge in [-0.2, -0.15) is 0 Å². The summed E-state index contributed by atoms with van der Waals surface area (Å²) in [4.78, 5) is 22.9. The monoisotopic (exact) mass is 375 g/mol. The Kier molecular flexibility index (Phi) is 5.33. The number of rotatable bonds is 5. The number of carbonyl (C=O) groups is 1. The van der Waals surface area contributed by atoms with Crippen molar-refractivity contribution in [1.82, 2.24) is 9.97 Å². The average Bonchev–Trinajstić information content (AvgIpc) is 3.14. The number of amides is 1. The SMILES string of the molecule is CC(=O)N(c1cccc(C)c1)c1nc(CSc2nc(C)cs2)cs1. The molecule has 0 N–H and O–H groups in total. The van der Waals surface area contributed by atoms with Crippen LogP contribution in [0.2, 0.25) is 0 Å². The second kappa shape index (κ2) is 7.46. The molecule has 24 heavy (non-hydrogen) atoms. The molecule has 0 spiro atoms.